The van der Waals surface area contributed by atoms with Crippen LogP contribution in [0.25, 0.3) is 5.65 Å². The predicted octanol–water partition coefficient (Wildman–Crippen LogP) is 2.65. The summed E-state index contributed by atoms with van der Waals surface area (Å²) in [5.74, 6) is 4.27. The Kier molecular flexibility index (Phi) is 2.59. The fourth-order valence-electron chi connectivity index (χ4n) is 2.35. The van der Waals surface area contributed by atoms with E-state index in [0.717, 1.165) is 11.5 Å². The molecular formula is C12H15N3S. The molecule has 0 radical (unpaired) electrons. The number of thioether (sulfide) groups is 1. The Morgan fingerprint density at radius 2 is 2.06 bits per heavy atom. The average Bonchev–Trinajstić information content (AvgIpc) is 2.75. The van der Waals surface area contributed by atoms with Gasteiger partial charge in [-0.15, -0.1) is 10.2 Å². The van der Waals surface area contributed by atoms with Crippen molar-refractivity contribution in [3.63, 3.8) is 0 Å². The Morgan fingerprint density at radius 3 is 2.88 bits per heavy atom. The lowest BCUT2D eigenvalue weighted by atomic mass is 10.0. The van der Waals surface area contributed by atoms with Gasteiger partial charge in [0.2, 0.25) is 0 Å². The van der Waals surface area contributed by atoms with Crippen molar-refractivity contribution >= 4 is 17.4 Å². The van der Waals surface area contributed by atoms with Crippen molar-refractivity contribution in [2.75, 3.05) is 11.5 Å². The summed E-state index contributed by atoms with van der Waals surface area (Å²) < 4.78 is 2.21. The van der Waals surface area contributed by atoms with E-state index in [-0.39, 0.29) is 0 Å². The molecule has 0 spiro atoms. The van der Waals surface area contributed by atoms with Crippen molar-refractivity contribution < 1.29 is 0 Å². The monoisotopic (exact) mass is 233 g/mol. The first kappa shape index (κ1) is 10.1. The molecule has 0 atom stereocenters. The molecule has 0 unspecified atom stereocenters. The van der Waals surface area contributed by atoms with Crippen molar-refractivity contribution in [3.8, 4) is 0 Å². The Hall–Kier alpha value is -1.03. The van der Waals surface area contributed by atoms with Crippen LogP contribution in [0.3, 0.4) is 0 Å². The highest BCUT2D eigenvalue weighted by Crippen LogP contribution is 2.30. The molecule has 2 aromatic rings. The van der Waals surface area contributed by atoms with Crippen LogP contribution in [0.1, 0.15) is 30.3 Å². The fourth-order valence-corrected chi connectivity index (χ4v) is 3.45. The Bertz CT molecular complexity index is 500. The molecule has 0 saturated carbocycles. The molecule has 84 valence electrons. The van der Waals surface area contributed by atoms with Gasteiger partial charge in [-0.25, -0.2) is 0 Å². The summed E-state index contributed by atoms with van der Waals surface area (Å²) >= 11 is 2.05. The zero-order valence-corrected chi connectivity index (χ0v) is 10.2. The van der Waals surface area contributed by atoms with Crippen molar-refractivity contribution in [1.29, 1.82) is 0 Å². The van der Waals surface area contributed by atoms with Gasteiger partial charge in [0, 0.05) is 11.6 Å². The molecule has 3 nitrogen and oxygen atoms in total. The minimum absolute atomic E-state index is 0.595. The molecule has 0 aliphatic carbocycles. The molecule has 3 rings (SSSR count). The first-order valence-corrected chi connectivity index (χ1v) is 6.90. The quantitative estimate of drug-likeness (QED) is 0.758. The summed E-state index contributed by atoms with van der Waals surface area (Å²) in [6, 6.07) is 6.19. The van der Waals surface area contributed by atoms with Crippen LogP contribution in [0.2, 0.25) is 0 Å². The average molecular weight is 233 g/mol. The van der Waals surface area contributed by atoms with E-state index in [1.54, 1.807) is 0 Å². The van der Waals surface area contributed by atoms with Crippen LogP contribution in [0.4, 0.5) is 0 Å². The molecule has 2 aromatic heterocycles. The number of fused-ring (bicyclic) bond motifs is 1. The van der Waals surface area contributed by atoms with Crippen LogP contribution in [0, 0.1) is 6.92 Å². The molecule has 1 aliphatic heterocycles. The van der Waals surface area contributed by atoms with Gasteiger partial charge in [-0.3, -0.25) is 4.40 Å². The minimum Gasteiger partial charge on any atom is -0.283 e. The SMILES string of the molecule is Cc1cccc2nnc(C3CCSCC3)n12. The van der Waals surface area contributed by atoms with Gasteiger partial charge in [-0.2, -0.15) is 11.8 Å². The van der Waals surface area contributed by atoms with E-state index < -0.39 is 0 Å². The smallest absolute Gasteiger partial charge is 0.160 e. The third kappa shape index (κ3) is 1.61. The standard InChI is InChI=1S/C12H15N3S/c1-9-3-2-4-11-13-14-12(15(9)11)10-5-7-16-8-6-10/h2-4,10H,5-8H2,1H3. The van der Waals surface area contributed by atoms with Crippen LogP contribution in [0.5, 0.6) is 0 Å². The van der Waals surface area contributed by atoms with Gasteiger partial charge in [0.05, 0.1) is 0 Å². The number of rotatable bonds is 1. The zero-order chi connectivity index (χ0) is 11.0. The second-order valence-electron chi connectivity index (χ2n) is 4.31. The van der Waals surface area contributed by atoms with E-state index in [9.17, 15) is 0 Å². The van der Waals surface area contributed by atoms with Crippen LogP contribution in [-0.2, 0) is 0 Å². The van der Waals surface area contributed by atoms with Crippen molar-refractivity contribution in [3.05, 3.63) is 29.7 Å². The summed E-state index contributed by atoms with van der Waals surface area (Å²) in [6.45, 7) is 2.12. The highest BCUT2D eigenvalue weighted by atomic mass is 32.2. The third-order valence-electron chi connectivity index (χ3n) is 3.23. The first-order valence-electron chi connectivity index (χ1n) is 5.74. The maximum atomic E-state index is 4.38. The maximum absolute atomic E-state index is 4.38. The summed E-state index contributed by atoms with van der Waals surface area (Å²) in [6.07, 6.45) is 2.47. The molecule has 4 heteroatoms. The lowest BCUT2D eigenvalue weighted by Gasteiger charge is -2.20. The van der Waals surface area contributed by atoms with Gasteiger partial charge in [-0.05, 0) is 43.4 Å². The van der Waals surface area contributed by atoms with Crippen molar-refractivity contribution in [2.24, 2.45) is 0 Å². The first-order chi connectivity index (χ1) is 7.86. The molecule has 0 bridgehead atoms. The molecule has 1 saturated heterocycles. The third-order valence-corrected chi connectivity index (χ3v) is 4.28. The van der Waals surface area contributed by atoms with E-state index in [4.69, 9.17) is 0 Å². The predicted molar refractivity (Wildman–Crippen MR) is 67.0 cm³/mol. The summed E-state index contributed by atoms with van der Waals surface area (Å²) in [5, 5.41) is 8.64. The topological polar surface area (TPSA) is 30.2 Å². The maximum Gasteiger partial charge on any atom is 0.160 e. The molecule has 1 fully saturated rings. The van der Waals surface area contributed by atoms with Gasteiger partial charge in [-0.1, -0.05) is 6.07 Å². The molecule has 16 heavy (non-hydrogen) atoms. The number of nitrogens with zero attached hydrogens (tertiary/aromatic N) is 3. The van der Waals surface area contributed by atoms with Crippen LogP contribution < -0.4 is 0 Å². The number of hydrogen-bond donors (Lipinski definition) is 0. The second kappa shape index (κ2) is 4.09. The zero-order valence-electron chi connectivity index (χ0n) is 9.39. The fraction of sp³-hybridized carbons (Fsp3) is 0.500. The van der Waals surface area contributed by atoms with E-state index in [0.29, 0.717) is 5.92 Å². The molecule has 0 aromatic carbocycles. The molecule has 0 N–H and O–H groups in total. The highest BCUT2D eigenvalue weighted by molar-refractivity contribution is 7.99. The second-order valence-corrected chi connectivity index (χ2v) is 5.53. The molecular weight excluding hydrogens is 218 g/mol. The van der Waals surface area contributed by atoms with E-state index >= 15 is 0 Å². The Morgan fingerprint density at radius 1 is 1.25 bits per heavy atom. The highest BCUT2D eigenvalue weighted by Gasteiger charge is 2.21. The van der Waals surface area contributed by atoms with Crippen LogP contribution in [0.15, 0.2) is 18.2 Å². The largest absolute Gasteiger partial charge is 0.283 e. The number of hydrogen-bond acceptors (Lipinski definition) is 3. The van der Waals surface area contributed by atoms with E-state index in [2.05, 4.69) is 27.6 Å². The minimum atomic E-state index is 0.595. The van der Waals surface area contributed by atoms with Crippen molar-refractivity contribution in [1.82, 2.24) is 14.6 Å². The van der Waals surface area contributed by atoms with E-state index in [1.807, 2.05) is 23.9 Å². The lowest BCUT2D eigenvalue weighted by molar-refractivity contribution is 0.590. The number of aromatic nitrogens is 3. The van der Waals surface area contributed by atoms with Crippen LogP contribution >= 0.6 is 11.8 Å². The van der Waals surface area contributed by atoms with Gasteiger partial charge < -0.3 is 0 Å². The van der Waals surface area contributed by atoms with Crippen molar-refractivity contribution in [2.45, 2.75) is 25.7 Å². The summed E-state index contributed by atoms with van der Waals surface area (Å²) in [7, 11) is 0. The Labute approximate surface area is 99.3 Å². The molecule has 0 amide bonds. The molecule has 1 aliphatic rings. The molecule has 3 heterocycles. The number of aryl methyl sites for hydroxylation is 1. The van der Waals surface area contributed by atoms with Gasteiger partial charge in [0.1, 0.15) is 5.82 Å². The lowest BCUT2D eigenvalue weighted by Crippen LogP contribution is -2.12. The Balaban J connectivity index is 2.09. The summed E-state index contributed by atoms with van der Waals surface area (Å²) in [4.78, 5) is 0. The van der Waals surface area contributed by atoms with Gasteiger partial charge >= 0.3 is 0 Å². The van der Waals surface area contributed by atoms with Gasteiger partial charge in [0.25, 0.3) is 0 Å². The summed E-state index contributed by atoms with van der Waals surface area (Å²) in [5.41, 5.74) is 2.21. The van der Waals surface area contributed by atoms with Gasteiger partial charge in [0.15, 0.2) is 5.65 Å². The normalized spacial score (nSPS) is 18.1. The number of pyridine rings is 1. The van der Waals surface area contributed by atoms with E-state index in [1.165, 1.54) is 30.0 Å². The van der Waals surface area contributed by atoms with Crippen LogP contribution in [-0.4, -0.2) is 26.1 Å².